The van der Waals surface area contributed by atoms with Crippen molar-refractivity contribution in [3.8, 4) is 0 Å². The predicted molar refractivity (Wildman–Crippen MR) is 178 cm³/mol. The van der Waals surface area contributed by atoms with Crippen LogP contribution < -0.4 is 16.0 Å². The molecule has 2 aromatic carbocycles. The molecule has 2 aromatic rings. The molecule has 0 bridgehead atoms. The Morgan fingerprint density at radius 1 is 0.935 bits per heavy atom. The van der Waals surface area contributed by atoms with Crippen molar-refractivity contribution >= 4 is 35.4 Å². The van der Waals surface area contributed by atoms with Crippen molar-refractivity contribution in [1.82, 2.24) is 20.9 Å². The molecular weight excluding hydrogens is 608 g/mol. The number of amides is 4. The number of hydrogen-bond acceptors (Lipinski definition) is 6. The molecule has 0 heterocycles. The average Bonchev–Trinajstić information content (AvgIpc) is 3.04. The lowest BCUT2D eigenvalue weighted by Gasteiger charge is -2.30. The van der Waals surface area contributed by atoms with Crippen LogP contribution in [0.1, 0.15) is 76.3 Å². The molecule has 1 unspecified atom stereocenters. The molecule has 46 heavy (non-hydrogen) atoms. The lowest BCUT2D eigenvalue weighted by atomic mass is 9.84. The summed E-state index contributed by atoms with van der Waals surface area (Å²) in [6, 6.07) is 14.5. The Morgan fingerprint density at radius 3 is 2.30 bits per heavy atom. The zero-order valence-corrected chi connectivity index (χ0v) is 27.9. The quantitative estimate of drug-likeness (QED) is 0.206. The number of likely N-dealkylation sites (N-methyl/N-ethyl adjacent to an activating group) is 1. The van der Waals surface area contributed by atoms with Gasteiger partial charge in [0.05, 0.1) is 6.04 Å². The molecule has 3 atom stereocenters. The van der Waals surface area contributed by atoms with E-state index in [-0.39, 0.29) is 37.3 Å². The molecule has 0 aliphatic heterocycles. The summed E-state index contributed by atoms with van der Waals surface area (Å²) in [4.78, 5) is 54.0. The van der Waals surface area contributed by atoms with E-state index in [4.69, 9.17) is 16.3 Å². The number of carbonyl (C=O) groups excluding carboxylic acids is 4. The maximum absolute atomic E-state index is 13.7. The summed E-state index contributed by atoms with van der Waals surface area (Å²) in [7, 11) is 1.71. The normalized spacial score (nSPS) is 15.3. The second-order valence-electron chi connectivity index (χ2n) is 12.5. The zero-order chi connectivity index (χ0) is 33.5. The van der Waals surface area contributed by atoms with Gasteiger partial charge in [0.15, 0.2) is 6.10 Å². The largest absolute Gasteiger partial charge is 0.445 e. The summed E-state index contributed by atoms with van der Waals surface area (Å²) in [6.07, 6.45) is 3.86. The van der Waals surface area contributed by atoms with E-state index < -0.39 is 36.1 Å². The van der Waals surface area contributed by atoms with Crippen LogP contribution in [0.25, 0.3) is 0 Å². The molecule has 252 valence electrons. The first-order valence-electron chi connectivity index (χ1n) is 16.3. The first kappa shape index (κ1) is 36.8. The molecule has 1 aliphatic carbocycles. The van der Waals surface area contributed by atoms with Crippen molar-refractivity contribution in [2.45, 2.75) is 102 Å². The van der Waals surface area contributed by atoms with Gasteiger partial charge in [0, 0.05) is 31.1 Å². The van der Waals surface area contributed by atoms with Gasteiger partial charge in [0.2, 0.25) is 11.8 Å². The monoisotopic (exact) mass is 656 g/mol. The Kier molecular flexibility index (Phi) is 15.3. The van der Waals surface area contributed by atoms with Crippen LogP contribution in [0, 0.1) is 5.92 Å². The fourth-order valence-electron chi connectivity index (χ4n) is 5.63. The van der Waals surface area contributed by atoms with Gasteiger partial charge in [-0.1, -0.05) is 86.2 Å². The van der Waals surface area contributed by atoms with E-state index in [1.165, 1.54) is 0 Å². The number of halogens is 1. The van der Waals surface area contributed by atoms with Crippen LogP contribution in [0.2, 0.25) is 5.02 Å². The lowest BCUT2D eigenvalue weighted by Crippen LogP contribution is -2.56. The molecule has 3 rings (SSSR count). The highest BCUT2D eigenvalue weighted by molar-refractivity contribution is 6.30. The molecular formula is C35H49ClN4O6. The number of benzene rings is 2. The minimum Gasteiger partial charge on any atom is -0.445 e. The summed E-state index contributed by atoms with van der Waals surface area (Å²) in [6.45, 7) is 4.01. The Balaban J connectivity index is 1.68. The van der Waals surface area contributed by atoms with Crippen LogP contribution in [0.5, 0.6) is 0 Å². The molecule has 4 N–H and O–H groups in total. The molecule has 11 heteroatoms. The standard InChI is InChI=1S/C35H49ClN4O6/c1-24(2)37-34(44)32(42)29(17-18-31(41)40(3)20-19-25-11-6-4-7-12-25)38-33(43)30(22-26-13-8-5-9-14-26)39-35(45)46-23-27-15-10-16-28(36)21-27/h4,6-7,10-12,15-16,21,24,26,29-30,32,42H,5,8-9,13-14,17-20,22-23H2,1-3H3,(H,37,44)(H,38,43)(H,39,45)/t29-,30-,32?/m0/s1. The SMILES string of the molecule is CC(C)NC(=O)C(O)[C@H](CCC(=O)N(C)CCc1ccccc1)NC(=O)[C@H](CC1CCCCC1)NC(=O)OCc1cccc(Cl)c1. The number of rotatable bonds is 16. The third-order valence-corrected chi connectivity index (χ3v) is 8.48. The van der Waals surface area contributed by atoms with Gasteiger partial charge in [-0.15, -0.1) is 0 Å². The van der Waals surface area contributed by atoms with Crippen molar-refractivity contribution in [3.05, 3.63) is 70.7 Å². The number of aliphatic hydroxyl groups is 1. The second-order valence-corrected chi connectivity index (χ2v) is 12.9. The van der Waals surface area contributed by atoms with Crippen LogP contribution in [-0.4, -0.2) is 71.6 Å². The van der Waals surface area contributed by atoms with E-state index in [9.17, 15) is 24.3 Å². The molecule has 0 saturated heterocycles. The van der Waals surface area contributed by atoms with Crippen molar-refractivity contribution in [2.75, 3.05) is 13.6 Å². The Labute approximate surface area is 277 Å². The zero-order valence-electron chi connectivity index (χ0n) is 27.2. The summed E-state index contributed by atoms with van der Waals surface area (Å²) in [5.74, 6) is -1.14. The van der Waals surface area contributed by atoms with Crippen molar-refractivity contribution < 1.29 is 29.0 Å². The van der Waals surface area contributed by atoms with Gasteiger partial charge in [-0.25, -0.2) is 4.79 Å². The third kappa shape index (κ3) is 13.0. The molecule has 0 aromatic heterocycles. The minimum atomic E-state index is -1.60. The Morgan fingerprint density at radius 2 is 1.63 bits per heavy atom. The van der Waals surface area contributed by atoms with Crippen LogP contribution in [-0.2, 0) is 32.1 Å². The maximum Gasteiger partial charge on any atom is 0.408 e. The van der Waals surface area contributed by atoms with Crippen molar-refractivity contribution in [1.29, 1.82) is 0 Å². The fraction of sp³-hybridized carbons (Fsp3) is 0.543. The molecule has 0 spiro atoms. The number of hydrogen-bond donors (Lipinski definition) is 4. The smallest absolute Gasteiger partial charge is 0.408 e. The van der Waals surface area contributed by atoms with Gasteiger partial charge in [-0.05, 0) is 62.3 Å². The molecule has 0 radical (unpaired) electrons. The van der Waals surface area contributed by atoms with Gasteiger partial charge >= 0.3 is 6.09 Å². The summed E-state index contributed by atoms with van der Waals surface area (Å²) < 4.78 is 5.40. The molecule has 1 saturated carbocycles. The summed E-state index contributed by atoms with van der Waals surface area (Å²) in [5, 5.41) is 19.7. The first-order valence-corrected chi connectivity index (χ1v) is 16.6. The van der Waals surface area contributed by atoms with E-state index in [0.717, 1.165) is 37.7 Å². The molecule has 1 fully saturated rings. The molecule has 10 nitrogen and oxygen atoms in total. The number of carbonyl (C=O) groups is 4. The van der Waals surface area contributed by atoms with Crippen LogP contribution in [0.4, 0.5) is 4.79 Å². The van der Waals surface area contributed by atoms with Gasteiger partial charge in [0.25, 0.3) is 5.91 Å². The lowest BCUT2D eigenvalue weighted by molar-refractivity contribution is -0.135. The van der Waals surface area contributed by atoms with Crippen molar-refractivity contribution in [3.63, 3.8) is 0 Å². The van der Waals surface area contributed by atoms with Crippen molar-refractivity contribution in [2.24, 2.45) is 5.92 Å². The third-order valence-electron chi connectivity index (χ3n) is 8.24. The van der Waals surface area contributed by atoms with E-state index in [1.54, 1.807) is 50.1 Å². The average molecular weight is 657 g/mol. The Bertz CT molecular complexity index is 1270. The first-order chi connectivity index (χ1) is 22.0. The van der Waals surface area contributed by atoms with E-state index >= 15 is 0 Å². The number of aliphatic hydroxyl groups excluding tert-OH is 1. The summed E-state index contributed by atoms with van der Waals surface area (Å²) >= 11 is 6.04. The van der Waals surface area contributed by atoms with E-state index in [0.29, 0.717) is 30.0 Å². The van der Waals surface area contributed by atoms with Gasteiger partial charge in [-0.2, -0.15) is 0 Å². The number of nitrogens with zero attached hydrogens (tertiary/aromatic N) is 1. The molecule has 4 amide bonds. The molecule has 1 aliphatic rings. The fourth-order valence-corrected chi connectivity index (χ4v) is 5.84. The number of nitrogens with one attached hydrogen (secondary N) is 3. The highest BCUT2D eigenvalue weighted by Crippen LogP contribution is 2.27. The maximum atomic E-state index is 13.7. The second kappa shape index (κ2) is 19.1. The summed E-state index contributed by atoms with van der Waals surface area (Å²) in [5.41, 5.74) is 1.81. The van der Waals surface area contributed by atoms with Crippen LogP contribution in [0.15, 0.2) is 54.6 Å². The highest BCUT2D eigenvalue weighted by atomic mass is 35.5. The van der Waals surface area contributed by atoms with Crippen LogP contribution in [0.3, 0.4) is 0 Å². The number of ether oxygens (including phenoxy) is 1. The minimum absolute atomic E-state index is 0.00462. The van der Waals surface area contributed by atoms with Gasteiger partial charge in [-0.3, -0.25) is 14.4 Å². The van der Waals surface area contributed by atoms with Crippen LogP contribution >= 0.6 is 11.6 Å². The van der Waals surface area contributed by atoms with Gasteiger partial charge in [0.1, 0.15) is 12.6 Å². The van der Waals surface area contributed by atoms with Gasteiger partial charge < -0.3 is 30.7 Å². The van der Waals surface area contributed by atoms with E-state index in [2.05, 4.69) is 16.0 Å². The van der Waals surface area contributed by atoms with E-state index in [1.807, 2.05) is 30.3 Å². The topological polar surface area (TPSA) is 137 Å². The Hall–Kier alpha value is -3.63. The predicted octanol–water partition coefficient (Wildman–Crippen LogP) is 4.76. The number of alkyl carbamates (subject to hydrolysis) is 1. The highest BCUT2D eigenvalue weighted by Gasteiger charge is 2.33.